The number of halogens is 1. The number of benzene rings is 1. The van der Waals surface area contributed by atoms with Gasteiger partial charge in [0, 0.05) is 28.7 Å². The van der Waals surface area contributed by atoms with Gasteiger partial charge < -0.3 is 10.0 Å². The molecule has 1 aliphatic heterocycles. The molecule has 1 amide bonds. The molecule has 1 heterocycles. The van der Waals surface area contributed by atoms with Crippen molar-refractivity contribution in [2.24, 2.45) is 5.92 Å². The molecular weight excluding hydrogens is 282 g/mol. The molecule has 0 fully saturated rings. The smallest absolute Gasteiger partial charge is 0.229 e. The van der Waals surface area contributed by atoms with Crippen molar-refractivity contribution < 1.29 is 9.90 Å². The molecule has 3 nitrogen and oxygen atoms in total. The predicted octanol–water partition coefficient (Wildman–Crippen LogP) is 2.99. The van der Waals surface area contributed by atoms with Crippen molar-refractivity contribution >= 4 is 27.5 Å². The molecule has 1 atom stereocenters. The number of hydrogen-bond acceptors (Lipinski definition) is 2. The van der Waals surface area contributed by atoms with E-state index in [1.165, 1.54) is 0 Å². The number of phenolic OH excluding ortho intramolecular Hbond substituents is 1. The Labute approximate surface area is 109 Å². The third-order valence-corrected chi connectivity index (χ3v) is 3.66. The summed E-state index contributed by atoms with van der Waals surface area (Å²) in [6, 6.07) is 5.06. The first kappa shape index (κ1) is 12.2. The van der Waals surface area contributed by atoms with E-state index in [4.69, 9.17) is 0 Å². The van der Waals surface area contributed by atoms with Crippen molar-refractivity contribution in [2.45, 2.75) is 13.3 Å². The molecule has 0 aromatic heterocycles. The van der Waals surface area contributed by atoms with Crippen LogP contribution in [0.4, 0.5) is 0 Å². The summed E-state index contributed by atoms with van der Waals surface area (Å²) in [5.74, 6) is 0.376. The highest BCUT2D eigenvalue weighted by atomic mass is 79.9. The van der Waals surface area contributed by atoms with Crippen molar-refractivity contribution in [3.63, 3.8) is 0 Å². The van der Waals surface area contributed by atoms with Crippen LogP contribution in [-0.2, 0) is 4.79 Å². The van der Waals surface area contributed by atoms with Crippen molar-refractivity contribution in [1.29, 1.82) is 0 Å². The fraction of sp³-hybridized carbons (Fsp3) is 0.308. The van der Waals surface area contributed by atoms with Crippen LogP contribution >= 0.6 is 15.9 Å². The first-order chi connectivity index (χ1) is 8.00. The van der Waals surface area contributed by atoms with Crippen LogP contribution in [0.15, 0.2) is 28.7 Å². The molecule has 2 rings (SSSR count). The summed E-state index contributed by atoms with van der Waals surface area (Å²) >= 11 is 3.41. The zero-order chi connectivity index (χ0) is 12.6. The van der Waals surface area contributed by atoms with E-state index in [0.29, 0.717) is 0 Å². The predicted molar refractivity (Wildman–Crippen MR) is 70.3 cm³/mol. The van der Waals surface area contributed by atoms with Crippen molar-refractivity contribution in [3.8, 4) is 5.75 Å². The minimum absolute atomic E-state index is 0.0413. The van der Waals surface area contributed by atoms with E-state index in [1.54, 1.807) is 24.1 Å². The maximum atomic E-state index is 11.9. The van der Waals surface area contributed by atoms with Crippen LogP contribution in [0.3, 0.4) is 0 Å². The van der Waals surface area contributed by atoms with Gasteiger partial charge in [-0.05, 0) is 40.5 Å². The lowest BCUT2D eigenvalue weighted by Gasteiger charge is -2.29. The van der Waals surface area contributed by atoms with Crippen molar-refractivity contribution in [2.75, 3.05) is 7.05 Å². The van der Waals surface area contributed by atoms with Gasteiger partial charge in [-0.15, -0.1) is 0 Å². The minimum Gasteiger partial charge on any atom is -0.508 e. The number of carbonyl (C=O) groups is 1. The first-order valence-electron chi connectivity index (χ1n) is 5.47. The lowest BCUT2D eigenvalue weighted by Crippen LogP contribution is -2.33. The van der Waals surface area contributed by atoms with E-state index in [0.717, 1.165) is 22.2 Å². The molecule has 0 bridgehead atoms. The standard InChI is InChI=1S/C13H14BrNO2/c1-8-3-6-12(15(2)13(8)17)10-5-4-9(16)7-11(10)14/h4-8,16H,3H2,1-2H3. The molecular formula is C13H14BrNO2. The Kier molecular flexibility index (Phi) is 3.24. The topological polar surface area (TPSA) is 40.5 Å². The third kappa shape index (κ3) is 2.22. The van der Waals surface area contributed by atoms with E-state index >= 15 is 0 Å². The number of phenols is 1. The zero-order valence-corrected chi connectivity index (χ0v) is 11.4. The second kappa shape index (κ2) is 4.53. The molecule has 0 saturated heterocycles. The number of amides is 1. The van der Waals surface area contributed by atoms with Gasteiger partial charge in [-0.25, -0.2) is 0 Å². The highest BCUT2D eigenvalue weighted by Gasteiger charge is 2.25. The Bertz CT molecular complexity index is 496. The molecule has 0 radical (unpaired) electrons. The number of rotatable bonds is 1. The van der Waals surface area contributed by atoms with E-state index in [2.05, 4.69) is 22.0 Å². The number of allylic oxidation sites excluding steroid dienone is 1. The monoisotopic (exact) mass is 295 g/mol. The van der Waals surface area contributed by atoms with Crippen LogP contribution in [0.25, 0.3) is 5.70 Å². The molecule has 1 aromatic carbocycles. The van der Waals surface area contributed by atoms with Gasteiger partial charge in [-0.3, -0.25) is 4.79 Å². The molecule has 0 aliphatic carbocycles. The summed E-state index contributed by atoms with van der Waals surface area (Å²) in [6.07, 6.45) is 2.81. The SMILES string of the molecule is CC1CC=C(c2ccc(O)cc2Br)N(C)C1=O. The fourth-order valence-electron chi connectivity index (χ4n) is 1.98. The van der Waals surface area contributed by atoms with E-state index in [9.17, 15) is 9.90 Å². The number of aromatic hydroxyl groups is 1. The lowest BCUT2D eigenvalue weighted by atomic mass is 9.98. The Morgan fingerprint density at radius 2 is 2.18 bits per heavy atom. The average Bonchev–Trinajstić information content (AvgIpc) is 2.28. The molecule has 0 saturated carbocycles. The van der Waals surface area contributed by atoms with Gasteiger partial charge in [-0.1, -0.05) is 13.0 Å². The fourth-order valence-corrected chi connectivity index (χ4v) is 2.55. The van der Waals surface area contributed by atoms with Crippen LogP contribution in [-0.4, -0.2) is 23.0 Å². The molecule has 0 spiro atoms. The van der Waals surface area contributed by atoms with Crippen LogP contribution < -0.4 is 0 Å². The maximum Gasteiger partial charge on any atom is 0.229 e. The Balaban J connectivity index is 2.43. The Morgan fingerprint density at radius 3 is 2.82 bits per heavy atom. The highest BCUT2D eigenvalue weighted by Crippen LogP contribution is 2.33. The van der Waals surface area contributed by atoms with Crippen molar-refractivity contribution in [1.82, 2.24) is 4.90 Å². The van der Waals surface area contributed by atoms with Gasteiger partial charge in [0.15, 0.2) is 0 Å². The number of hydrogen-bond donors (Lipinski definition) is 1. The molecule has 4 heteroatoms. The first-order valence-corrected chi connectivity index (χ1v) is 6.26. The van der Waals surface area contributed by atoms with Crippen LogP contribution in [0, 0.1) is 5.92 Å². The minimum atomic E-state index is 0.0413. The highest BCUT2D eigenvalue weighted by molar-refractivity contribution is 9.10. The molecule has 1 aliphatic rings. The lowest BCUT2D eigenvalue weighted by molar-refractivity contribution is -0.131. The zero-order valence-electron chi connectivity index (χ0n) is 9.77. The average molecular weight is 296 g/mol. The molecule has 1 unspecified atom stereocenters. The largest absolute Gasteiger partial charge is 0.508 e. The second-order valence-electron chi connectivity index (χ2n) is 4.29. The summed E-state index contributed by atoms with van der Waals surface area (Å²) in [7, 11) is 1.78. The Morgan fingerprint density at radius 1 is 1.47 bits per heavy atom. The van der Waals surface area contributed by atoms with Gasteiger partial charge >= 0.3 is 0 Å². The molecule has 1 aromatic rings. The Hall–Kier alpha value is -1.29. The molecule has 17 heavy (non-hydrogen) atoms. The maximum absolute atomic E-state index is 11.9. The summed E-state index contributed by atoms with van der Waals surface area (Å²) in [5, 5.41) is 9.37. The quantitative estimate of drug-likeness (QED) is 0.865. The molecule has 90 valence electrons. The van der Waals surface area contributed by atoms with Crippen LogP contribution in [0.5, 0.6) is 5.75 Å². The third-order valence-electron chi connectivity index (χ3n) is 3.01. The normalized spacial score (nSPS) is 20.4. The summed E-state index contributed by atoms with van der Waals surface area (Å²) in [6.45, 7) is 1.93. The van der Waals surface area contributed by atoms with Gasteiger partial charge in [0.1, 0.15) is 5.75 Å². The van der Waals surface area contributed by atoms with Crippen molar-refractivity contribution in [3.05, 3.63) is 34.3 Å². The van der Waals surface area contributed by atoms with E-state index < -0.39 is 0 Å². The van der Waals surface area contributed by atoms with Gasteiger partial charge in [-0.2, -0.15) is 0 Å². The van der Waals surface area contributed by atoms with Crippen LogP contribution in [0.2, 0.25) is 0 Å². The summed E-state index contributed by atoms with van der Waals surface area (Å²) in [4.78, 5) is 13.6. The summed E-state index contributed by atoms with van der Waals surface area (Å²) in [5.41, 5.74) is 1.81. The molecule has 1 N–H and O–H groups in total. The van der Waals surface area contributed by atoms with Gasteiger partial charge in [0.05, 0.1) is 0 Å². The van der Waals surface area contributed by atoms with E-state index in [1.807, 2.05) is 13.0 Å². The number of carbonyl (C=O) groups excluding carboxylic acids is 1. The second-order valence-corrected chi connectivity index (χ2v) is 5.14. The van der Waals surface area contributed by atoms with Crippen LogP contribution in [0.1, 0.15) is 18.9 Å². The van der Waals surface area contributed by atoms with E-state index in [-0.39, 0.29) is 17.6 Å². The summed E-state index contributed by atoms with van der Waals surface area (Å²) < 4.78 is 0.790. The van der Waals surface area contributed by atoms with Gasteiger partial charge in [0.25, 0.3) is 0 Å². The van der Waals surface area contributed by atoms with Gasteiger partial charge in [0.2, 0.25) is 5.91 Å². The number of nitrogens with zero attached hydrogens (tertiary/aromatic N) is 1.